The van der Waals surface area contributed by atoms with E-state index < -0.39 is 5.82 Å². The molecule has 2 aromatic carbocycles. The Morgan fingerprint density at radius 1 is 1.11 bits per heavy atom. The molecule has 0 spiro atoms. The monoisotopic (exact) mass is 278 g/mol. The van der Waals surface area contributed by atoms with E-state index in [1.54, 1.807) is 25.1 Å². The van der Waals surface area contributed by atoms with Gasteiger partial charge in [-0.1, -0.05) is 6.07 Å². The quantitative estimate of drug-likeness (QED) is 0.614. The molecular formula is C15H12F2OS. The van der Waals surface area contributed by atoms with Crippen molar-refractivity contribution in [3.05, 3.63) is 65.2 Å². The smallest absolute Gasteiger partial charge is 0.173 e. The third-order valence-corrected chi connectivity index (χ3v) is 3.52. The molecule has 0 saturated heterocycles. The average Bonchev–Trinajstić information content (AvgIpc) is 2.35. The fourth-order valence-electron chi connectivity index (χ4n) is 1.69. The summed E-state index contributed by atoms with van der Waals surface area (Å²) in [6.07, 6.45) is 0. The number of hydrogen-bond donors (Lipinski definition) is 0. The van der Waals surface area contributed by atoms with Gasteiger partial charge in [0.2, 0.25) is 0 Å². The van der Waals surface area contributed by atoms with Crippen LogP contribution in [-0.2, 0) is 0 Å². The van der Waals surface area contributed by atoms with Crippen LogP contribution in [0, 0.1) is 18.6 Å². The molecule has 2 aromatic rings. The lowest BCUT2D eigenvalue weighted by Crippen LogP contribution is -2.03. The second-order valence-electron chi connectivity index (χ2n) is 4.19. The van der Waals surface area contributed by atoms with Crippen molar-refractivity contribution in [2.45, 2.75) is 11.8 Å². The highest BCUT2D eigenvalue weighted by atomic mass is 32.2. The molecule has 0 fully saturated rings. The Balaban J connectivity index is 2.05. The number of carbonyl (C=O) groups excluding carboxylic acids is 1. The van der Waals surface area contributed by atoms with Crippen molar-refractivity contribution in [1.29, 1.82) is 0 Å². The van der Waals surface area contributed by atoms with Crippen LogP contribution >= 0.6 is 11.8 Å². The van der Waals surface area contributed by atoms with Crippen LogP contribution in [0.5, 0.6) is 0 Å². The molecule has 0 amide bonds. The molecule has 2 rings (SSSR count). The Morgan fingerprint density at radius 3 is 2.58 bits per heavy atom. The van der Waals surface area contributed by atoms with Crippen LogP contribution < -0.4 is 0 Å². The average molecular weight is 278 g/mol. The molecule has 0 aliphatic rings. The summed E-state index contributed by atoms with van der Waals surface area (Å²) in [5.74, 6) is -0.762. The molecule has 1 nitrogen and oxygen atoms in total. The van der Waals surface area contributed by atoms with E-state index in [0.29, 0.717) is 16.0 Å². The molecule has 0 N–H and O–H groups in total. The van der Waals surface area contributed by atoms with Gasteiger partial charge in [-0.05, 0) is 48.9 Å². The molecule has 0 radical (unpaired) electrons. The van der Waals surface area contributed by atoms with E-state index in [9.17, 15) is 13.6 Å². The van der Waals surface area contributed by atoms with Crippen molar-refractivity contribution in [2.24, 2.45) is 0 Å². The molecule has 0 heterocycles. The first kappa shape index (κ1) is 13.7. The summed E-state index contributed by atoms with van der Waals surface area (Å²) >= 11 is 1.24. The lowest BCUT2D eigenvalue weighted by molar-refractivity contribution is 0.102. The molecular weight excluding hydrogens is 266 g/mol. The summed E-state index contributed by atoms with van der Waals surface area (Å²) in [7, 11) is 0. The zero-order chi connectivity index (χ0) is 13.8. The maximum atomic E-state index is 13.2. The standard InChI is InChI=1S/C15H12F2OS/c1-10-5-11(7-13(17)6-10)15(18)9-19-14-4-2-3-12(16)8-14/h2-8H,9H2,1H3. The molecule has 4 heteroatoms. The summed E-state index contributed by atoms with van der Waals surface area (Å²) < 4.78 is 26.2. The van der Waals surface area contributed by atoms with Gasteiger partial charge in [0.15, 0.2) is 5.78 Å². The lowest BCUT2D eigenvalue weighted by Gasteiger charge is -2.03. The van der Waals surface area contributed by atoms with Gasteiger partial charge in [0.05, 0.1) is 5.75 Å². The SMILES string of the molecule is Cc1cc(F)cc(C(=O)CSc2cccc(F)c2)c1. The molecule has 0 aliphatic heterocycles. The second-order valence-corrected chi connectivity index (χ2v) is 5.24. The number of ketones is 1. The Hall–Kier alpha value is -1.68. The van der Waals surface area contributed by atoms with Crippen molar-refractivity contribution in [3.8, 4) is 0 Å². The summed E-state index contributed by atoms with van der Waals surface area (Å²) in [5, 5.41) is 0. The molecule has 0 aliphatic carbocycles. The second kappa shape index (κ2) is 5.97. The van der Waals surface area contributed by atoms with Crippen LogP contribution in [0.1, 0.15) is 15.9 Å². The Kier molecular flexibility index (Phi) is 4.32. The highest BCUT2D eigenvalue weighted by molar-refractivity contribution is 8.00. The van der Waals surface area contributed by atoms with Gasteiger partial charge in [-0.15, -0.1) is 11.8 Å². The first-order valence-corrected chi connectivity index (χ1v) is 6.72. The Labute approximate surface area is 114 Å². The Morgan fingerprint density at radius 2 is 1.89 bits per heavy atom. The third-order valence-electron chi connectivity index (χ3n) is 2.53. The molecule has 19 heavy (non-hydrogen) atoms. The minimum atomic E-state index is -0.417. The minimum Gasteiger partial charge on any atom is -0.293 e. The van der Waals surface area contributed by atoms with E-state index in [4.69, 9.17) is 0 Å². The topological polar surface area (TPSA) is 17.1 Å². The van der Waals surface area contributed by atoms with Crippen LogP contribution in [0.2, 0.25) is 0 Å². The van der Waals surface area contributed by atoms with Crippen LogP contribution in [-0.4, -0.2) is 11.5 Å². The van der Waals surface area contributed by atoms with E-state index in [1.807, 2.05) is 0 Å². The highest BCUT2D eigenvalue weighted by Crippen LogP contribution is 2.20. The summed E-state index contributed by atoms with van der Waals surface area (Å²) in [4.78, 5) is 12.6. The van der Waals surface area contributed by atoms with E-state index >= 15 is 0 Å². The zero-order valence-corrected chi connectivity index (χ0v) is 11.1. The van der Waals surface area contributed by atoms with Crippen LogP contribution in [0.15, 0.2) is 47.4 Å². The largest absolute Gasteiger partial charge is 0.293 e. The number of Topliss-reactive ketones (excluding diaryl/α,β-unsaturated/α-hetero) is 1. The van der Waals surface area contributed by atoms with Crippen molar-refractivity contribution in [2.75, 3.05) is 5.75 Å². The van der Waals surface area contributed by atoms with Gasteiger partial charge >= 0.3 is 0 Å². The third kappa shape index (κ3) is 3.89. The zero-order valence-electron chi connectivity index (χ0n) is 10.3. The summed E-state index contributed by atoms with van der Waals surface area (Å²) in [5.41, 5.74) is 1.06. The minimum absolute atomic E-state index is 0.159. The summed E-state index contributed by atoms with van der Waals surface area (Å²) in [6.45, 7) is 1.74. The predicted molar refractivity (Wildman–Crippen MR) is 72.6 cm³/mol. The number of aryl methyl sites for hydroxylation is 1. The number of benzene rings is 2. The van der Waals surface area contributed by atoms with Gasteiger partial charge in [-0.2, -0.15) is 0 Å². The maximum Gasteiger partial charge on any atom is 0.173 e. The van der Waals surface area contributed by atoms with Gasteiger partial charge in [0, 0.05) is 10.5 Å². The van der Waals surface area contributed by atoms with Gasteiger partial charge in [0.1, 0.15) is 11.6 Å². The number of thioether (sulfide) groups is 1. The van der Waals surface area contributed by atoms with Crippen LogP contribution in [0.4, 0.5) is 8.78 Å². The number of carbonyl (C=O) groups is 1. The van der Waals surface area contributed by atoms with Crippen molar-refractivity contribution < 1.29 is 13.6 Å². The van der Waals surface area contributed by atoms with E-state index in [2.05, 4.69) is 0 Å². The van der Waals surface area contributed by atoms with Crippen molar-refractivity contribution in [1.82, 2.24) is 0 Å². The highest BCUT2D eigenvalue weighted by Gasteiger charge is 2.09. The van der Waals surface area contributed by atoms with E-state index in [1.165, 1.54) is 36.0 Å². The molecule has 0 bridgehead atoms. The molecule has 0 atom stereocenters. The van der Waals surface area contributed by atoms with Gasteiger partial charge in [-0.3, -0.25) is 4.79 Å². The van der Waals surface area contributed by atoms with Gasteiger partial charge in [-0.25, -0.2) is 8.78 Å². The normalized spacial score (nSPS) is 10.5. The summed E-state index contributed by atoms with van der Waals surface area (Å²) in [6, 6.07) is 10.3. The fourth-order valence-corrected chi connectivity index (χ4v) is 2.52. The van der Waals surface area contributed by atoms with Crippen molar-refractivity contribution in [3.63, 3.8) is 0 Å². The number of hydrogen-bond acceptors (Lipinski definition) is 2. The number of halogens is 2. The lowest BCUT2D eigenvalue weighted by atomic mass is 10.1. The first-order chi connectivity index (χ1) is 9.04. The molecule has 0 unspecified atom stereocenters. The molecule has 0 aromatic heterocycles. The van der Waals surface area contributed by atoms with Crippen LogP contribution in [0.25, 0.3) is 0 Å². The van der Waals surface area contributed by atoms with Gasteiger partial charge in [0.25, 0.3) is 0 Å². The van der Waals surface area contributed by atoms with Crippen molar-refractivity contribution >= 4 is 17.5 Å². The maximum absolute atomic E-state index is 13.2. The Bertz CT molecular complexity index is 591. The predicted octanol–water partition coefficient (Wildman–Crippen LogP) is 4.25. The van der Waals surface area contributed by atoms with Gasteiger partial charge < -0.3 is 0 Å². The number of rotatable bonds is 4. The fraction of sp³-hybridized carbons (Fsp3) is 0.133. The molecule has 98 valence electrons. The molecule has 0 saturated carbocycles. The van der Waals surface area contributed by atoms with Crippen LogP contribution in [0.3, 0.4) is 0 Å². The van der Waals surface area contributed by atoms with E-state index in [-0.39, 0.29) is 17.4 Å². The first-order valence-electron chi connectivity index (χ1n) is 5.73. The van der Waals surface area contributed by atoms with E-state index in [0.717, 1.165) is 0 Å².